The van der Waals surface area contributed by atoms with Crippen molar-refractivity contribution in [3.63, 3.8) is 0 Å². The molecule has 1 saturated heterocycles. The fourth-order valence-electron chi connectivity index (χ4n) is 3.86. The van der Waals surface area contributed by atoms with E-state index < -0.39 is 49.5 Å². The van der Waals surface area contributed by atoms with Crippen LogP contribution in [0.3, 0.4) is 0 Å². The van der Waals surface area contributed by atoms with Crippen molar-refractivity contribution < 1.29 is 24.2 Å². The lowest BCUT2D eigenvalue weighted by atomic mass is 9.66. The largest absolute Gasteiger partial charge is 0.448 e. The van der Waals surface area contributed by atoms with Crippen molar-refractivity contribution in [2.75, 3.05) is 5.43 Å². The Balaban J connectivity index is 1.84. The van der Waals surface area contributed by atoms with Gasteiger partial charge in [0.05, 0.1) is 21.3 Å². The Kier molecular flexibility index (Phi) is 3.87. The second-order valence-electron chi connectivity index (χ2n) is 7.47. The highest BCUT2D eigenvalue weighted by Crippen LogP contribution is 2.65. The molecule has 2 bridgehead atoms. The zero-order chi connectivity index (χ0) is 20.2. The number of anilines is 1. The molecule has 1 aliphatic carbocycles. The van der Waals surface area contributed by atoms with Crippen LogP contribution >= 0.6 is 0 Å². The zero-order valence-electron chi connectivity index (χ0n) is 14.9. The van der Waals surface area contributed by atoms with Crippen molar-refractivity contribution in [3.8, 4) is 0 Å². The Morgan fingerprint density at radius 2 is 1.81 bits per heavy atom. The van der Waals surface area contributed by atoms with Crippen LogP contribution in [0.2, 0.25) is 0 Å². The van der Waals surface area contributed by atoms with Gasteiger partial charge in [-0.15, -0.1) is 0 Å². The van der Waals surface area contributed by atoms with Crippen molar-refractivity contribution in [1.82, 2.24) is 5.43 Å². The van der Waals surface area contributed by atoms with Gasteiger partial charge in [0.2, 0.25) is 0 Å². The Morgan fingerprint density at radius 1 is 1.15 bits per heavy atom. The molecule has 1 aromatic carbocycles. The Morgan fingerprint density at radius 3 is 2.30 bits per heavy atom. The molecule has 27 heavy (non-hydrogen) atoms. The molecule has 2 N–H and O–H groups in total. The van der Waals surface area contributed by atoms with Gasteiger partial charge in [0.1, 0.15) is 5.69 Å². The van der Waals surface area contributed by atoms with Crippen LogP contribution in [-0.2, 0) is 14.3 Å². The van der Waals surface area contributed by atoms with Gasteiger partial charge in [0.25, 0.3) is 11.6 Å². The number of carbonyl (C=O) groups is 2. The molecule has 1 saturated carbocycles. The number of hydrogen-bond donors (Lipinski definition) is 2. The molecule has 1 amide bonds. The molecule has 2 atom stereocenters. The van der Waals surface area contributed by atoms with Gasteiger partial charge in [0, 0.05) is 11.5 Å². The average Bonchev–Trinajstić information content (AvgIpc) is 2.89. The molecule has 144 valence electrons. The molecule has 11 nitrogen and oxygen atoms in total. The molecular weight excluding hydrogens is 360 g/mol. The van der Waals surface area contributed by atoms with Gasteiger partial charge < -0.3 is 4.74 Å². The molecule has 3 rings (SSSR count). The van der Waals surface area contributed by atoms with E-state index in [2.05, 4.69) is 10.9 Å². The van der Waals surface area contributed by atoms with E-state index in [1.165, 1.54) is 0 Å². The smallest absolute Gasteiger partial charge is 0.313 e. The van der Waals surface area contributed by atoms with Gasteiger partial charge in [0.15, 0.2) is 5.60 Å². The Bertz CT molecular complexity index is 884. The number of hydrazine groups is 1. The van der Waals surface area contributed by atoms with E-state index in [9.17, 15) is 29.8 Å². The maximum absolute atomic E-state index is 12.8. The van der Waals surface area contributed by atoms with Gasteiger partial charge >= 0.3 is 11.7 Å². The molecule has 2 fully saturated rings. The quantitative estimate of drug-likeness (QED) is 0.448. The maximum atomic E-state index is 12.8. The van der Waals surface area contributed by atoms with Crippen LogP contribution in [0.4, 0.5) is 17.1 Å². The van der Waals surface area contributed by atoms with E-state index >= 15 is 0 Å². The predicted molar refractivity (Wildman–Crippen MR) is 91.5 cm³/mol. The summed E-state index contributed by atoms with van der Waals surface area (Å²) >= 11 is 0. The minimum absolute atomic E-state index is 0.127. The lowest BCUT2D eigenvalue weighted by molar-refractivity contribution is -0.393. The van der Waals surface area contributed by atoms with Crippen LogP contribution in [0.5, 0.6) is 0 Å². The van der Waals surface area contributed by atoms with Crippen LogP contribution < -0.4 is 10.9 Å². The molecule has 2 unspecified atom stereocenters. The monoisotopic (exact) mass is 378 g/mol. The lowest BCUT2D eigenvalue weighted by Gasteiger charge is -2.35. The number of rotatable bonds is 5. The number of nitrogens with one attached hydrogen (secondary N) is 2. The summed E-state index contributed by atoms with van der Waals surface area (Å²) in [5, 5.41) is 22.0. The van der Waals surface area contributed by atoms with Crippen LogP contribution in [-0.4, -0.2) is 27.3 Å². The SMILES string of the molecule is CC12CCC(C(=O)NNc3ccc([N+](=O)[O-])cc3[N+](=O)[O-])(OC1=O)C2(C)C. The number of fused-ring (bicyclic) bond motifs is 2. The molecule has 11 heteroatoms. The molecule has 1 heterocycles. The minimum atomic E-state index is -1.39. The highest BCUT2D eigenvalue weighted by molar-refractivity contribution is 5.96. The first-order valence-corrected chi connectivity index (χ1v) is 8.19. The number of nitro benzene ring substituents is 2. The van der Waals surface area contributed by atoms with Crippen molar-refractivity contribution in [3.05, 3.63) is 38.4 Å². The average molecular weight is 378 g/mol. The predicted octanol–water partition coefficient (Wildman–Crippen LogP) is 2.07. The minimum Gasteiger partial charge on any atom is -0.448 e. The van der Waals surface area contributed by atoms with Gasteiger partial charge in [-0.3, -0.25) is 40.7 Å². The number of ether oxygens (including phenoxy) is 1. The van der Waals surface area contributed by atoms with Crippen molar-refractivity contribution in [2.45, 2.75) is 39.2 Å². The van der Waals surface area contributed by atoms with Crippen LogP contribution in [0.1, 0.15) is 33.6 Å². The van der Waals surface area contributed by atoms with Gasteiger partial charge in [-0.2, -0.15) is 0 Å². The Labute approximate surface area is 153 Å². The first-order valence-electron chi connectivity index (χ1n) is 8.19. The fraction of sp³-hybridized carbons (Fsp3) is 0.500. The van der Waals surface area contributed by atoms with Gasteiger partial charge in [-0.05, 0) is 25.8 Å². The third-order valence-corrected chi connectivity index (χ3v) is 6.15. The highest BCUT2D eigenvalue weighted by Gasteiger charge is 2.75. The molecular formula is C16H18N4O7. The summed E-state index contributed by atoms with van der Waals surface area (Å²) in [5.74, 6) is -1.08. The zero-order valence-corrected chi connectivity index (χ0v) is 14.9. The summed E-state index contributed by atoms with van der Waals surface area (Å²) < 4.78 is 5.43. The van der Waals surface area contributed by atoms with Crippen LogP contribution in [0.25, 0.3) is 0 Å². The molecule has 0 aromatic heterocycles. The third-order valence-electron chi connectivity index (χ3n) is 6.15. The maximum Gasteiger partial charge on any atom is 0.313 e. The fourth-order valence-corrected chi connectivity index (χ4v) is 3.86. The number of carbonyl (C=O) groups excluding carboxylic acids is 2. The van der Waals surface area contributed by atoms with E-state index in [0.29, 0.717) is 12.8 Å². The summed E-state index contributed by atoms with van der Waals surface area (Å²) in [5.41, 5.74) is 0.688. The second-order valence-corrected chi connectivity index (χ2v) is 7.47. The normalized spacial score (nSPS) is 27.7. The summed E-state index contributed by atoms with van der Waals surface area (Å²) in [7, 11) is 0. The first kappa shape index (κ1) is 18.5. The lowest BCUT2D eigenvalue weighted by Crippen LogP contribution is -2.54. The van der Waals surface area contributed by atoms with Gasteiger partial charge in [-0.1, -0.05) is 13.8 Å². The van der Waals surface area contributed by atoms with E-state index in [1.807, 2.05) is 0 Å². The topological polar surface area (TPSA) is 154 Å². The molecule has 2 aliphatic rings. The number of non-ortho nitro benzene ring substituents is 1. The second kappa shape index (κ2) is 5.63. The molecule has 1 aromatic rings. The number of nitro groups is 2. The number of hydrogen-bond acceptors (Lipinski definition) is 8. The van der Waals surface area contributed by atoms with E-state index in [4.69, 9.17) is 4.74 Å². The van der Waals surface area contributed by atoms with E-state index in [-0.39, 0.29) is 5.69 Å². The Hall–Kier alpha value is -3.24. The third kappa shape index (κ3) is 2.34. The summed E-state index contributed by atoms with van der Waals surface area (Å²) in [6.45, 7) is 5.31. The van der Waals surface area contributed by atoms with Crippen LogP contribution in [0.15, 0.2) is 18.2 Å². The number of amides is 1. The van der Waals surface area contributed by atoms with E-state index in [1.54, 1.807) is 20.8 Å². The standard InChI is InChI=1S/C16H18N4O7/c1-14(2)15(3)6-7-16(14,27-13(15)22)12(21)18-17-10-5-4-9(19(23)24)8-11(10)20(25)26/h4-5,8,17H,6-7H2,1-3H3,(H,18,21). The van der Waals surface area contributed by atoms with Crippen molar-refractivity contribution >= 4 is 28.9 Å². The highest BCUT2D eigenvalue weighted by atomic mass is 16.6. The van der Waals surface area contributed by atoms with E-state index in [0.717, 1.165) is 18.2 Å². The number of esters is 1. The first-order chi connectivity index (χ1) is 12.5. The number of nitrogens with zero attached hydrogens (tertiary/aromatic N) is 2. The molecule has 1 aliphatic heterocycles. The van der Waals surface area contributed by atoms with Crippen LogP contribution in [0, 0.1) is 31.1 Å². The number of benzene rings is 1. The van der Waals surface area contributed by atoms with Gasteiger partial charge in [-0.25, -0.2) is 0 Å². The summed E-state index contributed by atoms with van der Waals surface area (Å²) in [4.78, 5) is 45.5. The molecule has 0 radical (unpaired) electrons. The molecule has 0 spiro atoms. The van der Waals surface area contributed by atoms with Crippen molar-refractivity contribution in [2.24, 2.45) is 10.8 Å². The summed E-state index contributed by atoms with van der Waals surface area (Å²) in [6, 6.07) is 2.99. The summed E-state index contributed by atoms with van der Waals surface area (Å²) in [6.07, 6.45) is 0.821. The van der Waals surface area contributed by atoms with Crippen molar-refractivity contribution in [1.29, 1.82) is 0 Å².